The Morgan fingerprint density at radius 2 is 2.33 bits per heavy atom. The first-order chi connectivity index (χ1) is 8.58. The first-order valence-corrected chi connectivity index (χ1v) is 8.02. The van der Waals surface area contributed by atoms with Gasteiger partial charge in [-0.05, 0) is 18.6 Å². The Kier molecular flexibility index (Phi) is 7.07. The highest BCUT2D eigenvalue weighted by atomic mass is 35.5. The van der Waals surface area contributed by atoms with E-state index in [1.54, 1.807) is 23.1 Å². The maximum atomic E-state index is 11.1. The largest absolute Gasteiger partial charge is 0.469 e. The third kappa shape index (κ3) is 4.80. The van der Waals surface area contributed by atoms with E-state index in [9.17, 15) is 4.79 Å². The van der Waals surface area contributed by atoms with Gasteiger partial charge in [-0.3, -0.25) is 4.79 Å². The molecule has 0 saturated heterocycles. The lowest BCUT2D eigenvalue weighted by Crippen LogP contribution is -2.25. The first kappa shape index (κ1) is 15.8. The number of carbonyl (C=O) groups is 1. The summed E-state index contributed by atoms with van der Waals surface area (Å²) >= 11 is 9.20. The number of thiophene rings is 1. The van der Waals surface area contributed by atoms with Crippen molar-refractivity contribution in [3.05, 3.63) is 21.3 Å². The van der Waals surface area contributed by atoms with Crippen LogP contribution in [0.3, 0.4) is 0 Å². The molecule has 6 heteroatoms. The van der Waals surface area contributed by atoms with Crippen LogP contribution in [0.1, 0.15) is 29.9 Å². The summed E-state index contributed by atoms with van der Waals surface area (Å²) in [5.41, 5.74) is 6.13. The molecule has 1 aromatic rings. The lowest BCUT2D eigenvalue weighted by atomic mass is 10.1. The zero-order valence-corrected chi connectivity index (χ0v) is 12.9. The quantitative estimate of drug-likeness (QED) is 0.784. The average Bonchev–Trinajstić information content (AvgIpc) is 2.79. The van der Waals surface area contributed by atoms with Gasteiger partial charge in [0, 0.05) is 16.7 Å². The molecule has 0 aliphatic rings. The second-order valence-electron chi connectivity index (χ2n) is 3.83. The maximum absolute atomic E-state index is 11.1. The molecule has 18 heavy (non-hydrogen) atoms. The normalized spacial score (nSPS) is 14.2. The molecule has 102 valence electrons. The van der Waals surface area contributed by atoms with Crippen LogP contribution in [0.5, 0.6) is 0 Å². The molecule has 0 aliphatic heterocycles. The third-order valence-electron chi connectivity index (χ3n) is 2.57. The number of hydrogen-bond acceptors (Lipinski definition) is 5. The van der Waals surface area contributed by atoms with Crippen molar-refractivity contribution in [3.8, 4) is 0 Å². The van der Waals surface area contributed by atoms with Gasteiger partial charge in [-0.1, -0.05) is 18.5 Å². The molecule has 2 unspecified atom stereocenters. The molecule has 1 aromatic heterocycles. The van der Waals surface area contributed by atoms with Gasteiger partial charge in [0.05, 0.1) is 23.1 Å². The Morgan fingerprint density at radius 3 is 2.83 bits per heavy atom. The van der Waals surface area contributed by atoms with Crippen molar-refractivity contribution in [2.24, 2.45) is 5.73 Å². The van der Waals surface area contributed by atoms with Crippen LogP contribution >= 0.6 is 34.7 Å². The second-order valence-corrected chi connectivity index (χ2v) is 6.83. The third-order valence-corrected chi connectivity index (χ3v) is 5.43. The first-order valence-electron chi connectivity index (χ1n) is 5.77. The highest BCUT2D eigenvalue weighted by Gasteiger charge is 2.21. The van der Waals surface area contributed by atoms with Crippen LogP contribution in [0, 0.1) is 0 Å². The Labute approximate surface area is 121 Å². The molecule has 0 amide bonds. The number of nitrogens with two attached hydrogens (primary N) is 1. The fraction of sp³-hybridized carbons (Fsp3) is 0.583. The second kappa shape index (κ2) is 8.04. The summed E-state index contributed by atoms with van der Waals surface area (Å²) in [6.45, 7) is 2.06. The van der Waals surface area contributed by atoms with Gasteiger partial charge in [-0.2, -0.15) is 11.8 Å². The Balaban J connectivity index is 2.59. The van der Waals surface area contributed by atoms with Crippen molar-refractivity contribution in [3.63, 3.8) is 0 Å². The lowest BCUT2D eigenvalue weighted by molar-refractivity contribution is -0.140. The molecule has 1 rings (SSSR count). The molecule has 0 radical (unpaired) electrons. The number of rotatable bonds is 7. The van der Waals surface area contributed by atoms with Crippen molar-refractivity contribution < 1.29 is 9.53 Å². The molecule has 0 aromatic carbocycles. The Bertz CT molecular complexity index is 384. The van der Waals surface area contributed by atoms with Gasteiger partial charge in [0.25, 0.3) is 0 Å². The molecule has 3 nitrogen and oxygen atoms in total. The molecular weight excluding hydrogens is 290 g/mol. The topological polar surface area (TPSA) is 52.3 Å². The number of methoxy groups -OCH3 is 1. The number of hydrogen-bond donors (Lipinski definition) is 1. The number of halogens is 1. The van der Waals surface area contributed by atoms with E-state index in [-0.39, 0.29) is 17.3 Å². The predicted molar refractivity (Wildman–Crippen MR) is 79.4 cm³/mol. The fourth-order valence-electron chi connectivity index (χ4n) is 1.48. The van der Waals surface area contributed by atoms with Crippen LogP contribution in [0.4, 0.5) is 0 Å². The van der Waals surface area contributed by atoms with Gasteiger partial charge in [-0.15, -0.1) is 11.3 Å². The van der Waals surface area contributed by atoms with E-state index >= 15 is 0 Å². The summed E-state index contributed by atoms with van der Waals surface area (Å²) in [6.07, 6.45) is 1.30. The smallest absolute Gasteiger partial charge is 0.306 e. The van der Waals surface area contributed by atoms with Gasteiger partial charge in [0.2, 0.25) is 0 Å². The molecule has 0 spiro atoms. The van der Waals surface area contributed by atoms with Gasteiger partial charge < -0.3 is 10.5 Å². The summed E-state index contributed by atoms with van der Waals surface area (Å²) in [7, 11) is 1.40. The molecule has 0 aliphatic carbocycles. The monoisotopic (exact) mass is 307 g/mol. The SMILES string of the molecule is CCC(N)C(SCCC(=O)OC)c1ccc(Cl)s1. The van der Waals surface area contributed by atoms with Gasteiger partial charge in [0.15, 0.2) is 0 Å². The molecule has 0 fully saturated rings. The van der Waals surface area contributed by atoms with Crippen LogP contribution in [-0.2, 0) is 9.53 Å². The summed E-state index contributed by atoms with van der Waals surface area (Å²) in [4.78, 5) is 12.3. The highest BCUT2D eigenvalue weighted by Crippen LogP contribution is 2.38. The minimum atomic E-state index is -0.185. The maximum Gasteiger partial charge on any atom is 0.306 e. The predicted octanol–water partition coefficient (Wildman–Crippen LogP) is 3.48. The van der Waals surface area contributed by atoms with Crippen molar-refractivity contribution in [1.82, 2.24) is 0 Å². The van der Waals surface area contributed by atoms with E-state index in [1.807, 2.05) is 12.1 Å². The van der Waals surface area contributed by atoms with Crippen LogP contribution in [0.15, 0.2) is 12.1 Å². The van der Waals surface area contributed by atoms with Crippen LogP contribution < -0.4 is 5.73 Å². The number of ether oxygens (including phenoxy) is 1. The molecule has 2 N–H and O–H groups in total. The minimum Gasteiger partial charge on any atom is -0.469 e. The van der Waals surface area contributed by atoms with Crippen LogP contribution in [0.2, 0.25) is 4.34 Å². The van der Waals surface area contributed by atoms with Crippen molar-refractivity contribution in [2.45, 2.75) is 31.1 Å². The van der Waals surface area contributed by atoms with Gasteiger partial charge in [0.1, 0.15) is 0 Å². The Morgan fingerprint density at radius 1 is 1.61 bits per heavy atom. The summed E-state index contributed by atoms with van der Waals surface area (Å²) in [5, 5.41) is 0.192. The van der Waals surface area contributed by atoms with Crippen molar-refractivity contribution in [2.75, 3.05) is 12.9 Å². The standard InChI is InChI=1S/C12H18ClNO2S2/c1-3-8(14)12(9-4-5-10(13)18-9)17-7-6-11(15)16-2/h4-5,8,12H,3,6-7,14H2,1-2H3. The lowest BCUT2D eigenvalue weighted by Gasteiger charge is -2.21. The zero-order chi connectivity index (χ0) is 13.5. The average molecular weight is 308 g/mol. The summed E-state index contributed by atoms with van der Waals surface area (Å²) in [6, 6.07) is 3.97. The van der Waals surface area contributed by atoms with Crippen molar-refractivity contribution in [1.29, 1.82) is 0 Å². The highest BCUT2D eigenvalue weighted by molar-refractivity contribution is 7.99. The van der Waals surface area contributed by atoms with E-state index in [0.29, 0.717) is 12.2 Å². The zero-order valence-electron chi connectivity index (χ0n) is 10.5. The van der Waals surface area contributed by atoms with E-state index in [1.165, 1.54) is 12.0 Å². The molecular formula is C12H18ClNO2S2. The number of carbonyl (C=O) groups excluding carboxylic acids is 1. The molecule has 0 bridgehead atoms. The fourth-order valence-corrected chi connectivity index (χ4v) is 4.17. The minimum absolute atomic E-state index is 0.0716. The van der Waals surface area contributed by atoms with Gasteiger partial charge in [-0.25, -0.2) is 0 Å². The van der Waals surface area contributed by atoms with Crippen molar-refractivity contribution >= 4 is 40.7 Å². The van der Waals surface area contributed by atoms with E-state index in [4.69, 9.17) is 17.3 Å². The molecule has 1 heterocycles. The van der Waals surface area contributed by atoms with E-state index in [2.05, 4.69) is 11.7 Å². The Hall–Kier alpha value is -0.230. The molecule has 2 atom stereocenters. The number of esters is 1. The summed E-state index contributed by atoms with van der Waals surface area (Å²) < 4.78 is 5.40. The van der Waals surface area contributed by atoms with Gasteiger partial charge >= 0.3 is 5.97 Å². The number of thioether (sulfide) groups is 1. The van der Waals surface area contributed by atoms with Crippen LogP contribution in [0.25, 0.3) is 0 Å². The summed E-state index contributed by atoms with van der Waals surface area (Å²) in [5.74, 6) is 0.524. The van der Waals surface area contributed by atoms with E-state index in [0.717, 1.165) is 10.8 Å². The van der Waals surface area contributed by atoms with E-state index < -0.39 is 0 Å². The van der Waals surface area contributed by atoms with Crippen LogP contribution in [-0.4, -0.2) is 24.9 Å². The molecule has 0 saturated carbocycles.